The highest BCUT2D eigenvalue weighted by Gasteiger charge is 2.34. The molecule has 5 nitrogen and oxygen atoms in total. The van der Waals surface area contributed by atoms with Gasteiger partial charge in [-0.25, -0.2) is 9.18 Å². The quantitative estimate of drug-likeness (QED) is 0.346. The van der Waals surface area contributed by atoms with Crippen molar-refractivity contribution in [2.24, 2.45) is 0 Å². The minimum Gasteiger partial charge on any atom is -0.493 e. The summed E-state index contributed by atoms with van der Waals surface area (Å²) >= 11 is 0. The van der Waals surface area contributed by atoms with Crippen molar-refractivity contribution in [2.75, 3.05) is 13.3 Å². The molecule has 0 bridgehead atoms. The molecular formula is C29H28FNO4. The molecule has 6 heteroatoms. The van der Waals surface area contributed by atoms with Crippen LogP contribution in [0.4, 0.5) is 4.39 Å². The van der Waals surface area contributed by atoms with E-state index in [1.54, 1.807) is 20.0 Å². The van der Waals surface area contributed by atoms with Gasteiger partial charge in [-0.3, -0.25) is 4.98 Å². The fourth-order valence-corrected chi connectivity index (χ4v) is 5.00. The lowest BCUT2D eigenvalue weighted by atomic mass is 9.85. The van der Waals surface area contributed by atoms with Crippen molar-refractivity contribution < 1.29 is 23.8 Å². The number of carboxylic acids is 1. The lowest BCUT2D eigenvalue weighted by Crippen LogP contribution is -2.33. The van der Waals surface area contributed by atoms with Gasteiger partial charge in [-0.05, 0) is 73.4 Å². The molecule has 0 saturated heterocycles. The number of rotatable bonds is 6. The molecule has 0 unspecified atom stereocenters. The lowest BCUT2D eigenvalue weighted by Gasteiger charge is -2.29. The second kappa shape index (κ2) is 8.61. The molecule has 0 fully saturated rings. The highest BCUT2D eigenvalue weighted by atomic mass is 19.1. The van der Waals surface area contributed by atoms with Crippen LogP contribution in [0.1, 0.15) is 42.2 Å². The zero-order valence-corrected chi connectivity index (χ0v) is 20.3. The number of aryl methyl sites for hydroxylation is 2. The molecule has 5 rings (SSSR count). The molecule has 0 spiro atoms. The van der Waals surface area contributed by atoms with Crippen LogP contribution in [0.15, 0.2) is 48.7 Å². The predicted octanol–water partition coefficient (Wildman–Crippen LogP) is 6.50. The summed E-state index contributed by atoms with van der Waals surface area (Å²) < 4.78 is 25.6. The van der Waals surface area contributed by atoms with E-state index >= 15 is 0 Å². The average molecular weight is 474 g/mol. The Balaban J connectivity index is 1.89. The van der Waals surface area contributed by atoms with Crippen molar-refractivity contribution in [3.63, 3.8) is 0 Å². The van der Waals surface area contributed by atoms with Crippen molar-refractivity contribution in [3.05, 3.63) is 70.9 Å². The van der Waals surface area contributed by atoms with E-state index in [1.165, 1.54) is 0 Å². The summed E-state index contributed by atoms with van der Waals surface area (Å²) in [4.78, 5) is 17.3. The largest absolute Gasteiger partial charge is 0.493 e. The van der Waals surface area contributed by atoms with E-state index in [0.717, 1.165) is 61.7 Å². The van der Waals surface area contributed by atoms with E-state index in [-0.39, 0.29) is 0 Å². The van der Waals surface area contributed by atoms with Gasteiger partial charge in [0.1, 0.15) is 12.4 Å². The smallest absolute Gasteiger partial charge is 0.337 e. The summed E-state index contributed by atoms with van der Waals surface area (Å²) in [5.41, 5.74) is 4.55. The summed E-state index contributed by atoms with van der Waals surface area (Å²) in [6.45, 7) is 6.82. The van der Waals surface area contributed by atoms with Crippen molar-refractivity contribution in [3.8, 4) is 16.9 Å². The van der Waals surface area contributed by atoms with Crippen molar-refractivity contribution in [2.45, 2.75) is 45.8 Å². The Kier molecular flexibility index (Phi) is 5.72. The van der Waals surface area contributed by atoms with Crippen molar-refractivity contribution in [1.29, 1.82) is 0 Å². The van der Waals surface area contributed by atoms with Gasteiger partial charge in [-0.15, -0.1) is 0 Å². The molecule has 1 aliphatic heterocycles. The van der Waals surface area contributed by atoms with Crippen LogP contribution < -0.4 is 4.74 Å². The maximum absolute atomic E-state index is 13.7. The Bertz CT molecular complexity index is 1470. The molecule has 35 heavy (non-hydrogen) atoms. The zero-order chi connectivity index (χ0) is 24.9. The lowest BCUT2D eigenvalue weighted by molar-refractivity contribution is -0.163. The molecule has 0 saturated carbocycles. The first-order valence-corrected chi connectivity index (χ1v) is 11.7. The third kappa shape index (κ3) is 4.02. The van der Waals surface area contributed by atoms with Crippen LogP contribution in [0.3, 0.4) is 0 Å². The van der Waals surface area contributed by atoms with E-state index < -0.39 is 24.3 Å². The number of fused-ring (bicyclic) bond motifs is 1. The Labute approximate surface area is 203 Å². The maximum Gasteiger partial charge on any atom is 0.337 e. The number of pyridine rings is 1. The number of hydrogen-bond donors (Lipinski definition) is 1. The van der Waals surface area contributed by atoms with Gasteiger partial charge in [0.2, 0.25) is 0 Å². The number of carbonyl (C=O) groups is 1. The van der Waals surface area contributed by atoms with Crippen LogP contribution in [-0.4, -0.2) is 34.9 Å². The minimum atomic E-state index is -1.36. The van der Waals surface area contributed by atoms with E-state index in [1.807, 2.05) is 50.2 Å². The van der Waals surface area contributed by atoms with Gasteiger partial charge in [0.05, 0.1) is 17.7 Å². The summed E-state index contributed by atoms with van der Waals surface area (Å²) in [6.07, 6.45) is 1.21. The summed E-state index contributed by atoms with van der Waals surface area (Å²) in [5, 5.41) is 13.1. The molecule has 180 valence electrons. The first-order chi connectivity index (χ1) is 16.7. The maximum atomic E-state index is 13.7. The van der Waals surface area contributed by atoms with Crippen LogP contribution in [0.25, 0.3) is 32.8 Å². The van der Waals surface area contributed by atoms with Gasteiger partial charge in [-0.2, -0.15) is 0 Å². The molecule has 1 aliphatic rings. The molecule has 0 amide bonds. The van der Waals surface area contributed by atoms with Crippen LogP contribution in [0.2, 0.25) is 0 Å². The highest BCUT2D eigenvalue weighted by Crippen LogP contribution is 2.45. The van der Waals surface area contributed by atoms with E-state index in [4.69, 9.17) is 14.5 Å². The average Bonchev–Trinajstić information content (AvgIpc) is 2.82. The predicted molar refractivity (Wildman–Crippen MR) is 135 cm³/mol. The fourth-order valence-electron chi connectivity index (χ4n) is 5.00. The minimum absolute atomic E-state index is 0.509. The molecule has 0 radical (unpaired) electrons. The number of carboxylic acid groups (broad SMARTS) is 1. The van der Waals surface area contributed by atoms with Gasteiger partial charge in [0.15, 0.2) is 6.10 Å². The Morgan fingerprint density at radius 3 is 2.74 bits per heavy atom. The topological polar surface area (TPSA) is 68.7 Å². The SMILES string of the molecule is Cc1ccc2c(-c3ccc4c5c(ccnc35)CCO4)c([C@@H](OC(C)(C)CF)C(=O)O)c(C)cc2c1. The third-order valence-electron chi connectivity index (χ3n) is 6.63. The molecule has 0 aliphatic carbocycles. The molecule has 1 atom stereocenters. The third-order valence-corrected chi connectivity index (χ3v) is 6.63. The number of alkyl halides is 1. The van der Waals surface area contributed by atoms with Crippen molar-refractivity contribution >= 4 is 27.6 Å². The molecule has 2 heterocycles. The Hall–Kier alpha value is -3.51. The highest BCUT2D eigenvalue weighted by molar-refractivity contribution is 6.09. The molecule has 3 aromatic carbocycles. The molecular weight excluding hydrogens is 445 g/mol. The van der Waals surface area contributed by atoms with E-state index in [9.17, 15) is 14.3 Å². The first kappa shape index (κ1) is 23.2. The number of nitrogens with zero attached hydrogens (tertiary/aromatic N) is 1. The first-order valence-electron chi connectivity index (χ1n) is 11.7. The van der Waals surface area contributed by atoms with Crippen LogP contribution in [-0.2, 0) is 16.0 Å². The van der Waals surface area contributed by atoms with Crippen LogP contribution in [0.5, 0.6) is 5.75 Å². The zero-order valence-electron chi connectivity index (χ0n) is 20.3. The molecule has 1 N–H and O–H groups in total. The standard InChI is InChI=1S/C29H28FNO4/c1-16-5-6-20-19(13-16)14-17(2)23(27(28(32)33)35-29(3,4)15-30)25(20)21-7-8-22-24-18(10-12-34-22)9-11-31-26(21)24/h5-9,11,13-14,27H,10,12,15H2,1-4H3,(H,32,33)/t27-/m1/s1. The number of benzene rings is 3. The number of ether oxygens (including phenoxy) is 2. The van der Waals surface area contributed by atoms with E-state index in [0.29, 0.717) is 12.2 Å². The second-order valence-electron chi connectivity index (χ2n) is 9.84. The number of aliphatic carboxylic acids is 1. The summed E-state index contributed by atoms with van der Waals surface area (Å²) in [7, 11) is 0. The van der Waals surface area contributed by atoms with Gasteiger partial charge >= 0.3 is 5.97 Å². The van der Waals surface area contributed by atoms with Crippen LogP contribution in [0, 0.1) is 13.8 Å². The number of halogens is 1. The monoisotopic (exact) mass is 473 g/mol. The normalized spacial score (nSPS) is 14.2. The fraction of sp³-hybridized carbons (Fsp3) is 0.310. The Morgan fingerprint density at radius 2 is 2.00 bits per heavy atom. The summed E-state index contributed by atoms with van der Waals surface area (Å²) in [6, 6.07) is 13.9. The molecule has 4 aromatic rings. The van der Waals surface area contributed by atoms with Crippen LogP contribution >= 0.6 is 0 Å². The van der Waals surface area contributed by atoms with E-state index in [2.05, 4.69) is 6.07 Å². The van der Waals surface area contributed by atoms with Gasteiger partial charge in [0, 0.05) is 29.1 Å². The van der Waals surface area contributed by atoms with Gasteiger partial charge < -0.3 is 14.6 Å². The number of aromatic nitrogens is 1. The molecule has 1 aromatic heterocycles. The van der Waals surface area contributed by atoms with Gasteiger partial charge in [-0.1, -0.05) is 29.8 Å². The second-order valence-corrected chi connectivity index (χ2v) is 9.84. The van der Waals surface area contributed by atoms with Crippen molar-refractivity contribution in [1.82, 2.24) is 4.98 Å². The summed E-state index contributed by atoms with van der Waals surface area (Å²) in [5.74, 6) is -0.390. The van der Waals surface area contributed by atoms with Gasteiger partial charge in [0.25, 0.3) is 0 Å². The number of hydrogen-bond acceptors (Lipinski definition) is 4. The Morgan fingerprint density at radius 1 is 1.20 bits per heavy atom.